The van der Waals surface area contributed by atoms with E-state index in [1.165, 1.54) is 12.7 Å². The molecule has 3 aromatic carbocycles. The van der Waals surface area contributed by atoms with E-state index in [0.717, 1.165) is 79.2 Å². The number of anilines is 2. The number of pyridine rings is 2. The Hall–Kier alpha value is -5.35. The van der Waals surface area contributed by atoms with Crippen LogP contribution in [-0.2, 0) is 6.54 Å². The van der Waals surface area contributed by atoms with E-state index < -0.39 is 10.9 Å². The molecule has 0 saturated carbocycles. The molecule has 0 unspecified atom stereocenters. The first-order chi connectivity index (χ1) is 22.4. The molecular weight excluding hydrogens is 578 g/mol. The lowest BCUT2D eigenvalue weighted by Crippen LogP contribution is -2.62. The Balaban J connectivity index is 1.02. The van der Waals surface area contributed by atoms with Gasteiger partial charge in [-0.15, -0.1) is 0 Å². The molecule has 1 spiro atoms. The maximum Gasteiger partial charge on any atom is 0.272 e. The van der Waals surface area contributed by atoms with Gasteiger partial charge in [-0.05, 0) is 67.9 Å². The Kier molecular flexibility index (Phi) is 6.68. The van der Waals surface area contributed by atoms with Crippen LogP contribution >= 0.6 is 0 Å². The molecule has 10 nitrogen and oxygen atoms in total. The van der Waals surface area contributed by atoms with Crippen LogP contribution in [0.4, 0.5) is 11.5 Å². The van der Waals surface area contributed by atoms with Crippen molar-refractivity contribution in [2.24, 2.45) is 5.41 Å². The molecule has 10 heteroatoms. The molecule has 6 aromatic rings. The van der Waals surface area contributed by atoms with Crippen molar-refractivity contribution in [2.45, 2.75) is 19.4 Å². The van der Waals surface area contributed by atoms with E-state index in [2.05, 4.69) is 50.8 Å². The number of rotatable bonds is 7. The standard InChI is InChI=1S/C36H33N7O3/c1-46-32-29(30(44)31(32)45)42-21-36(22-42)15-18-41(19-16-36)20-23-9-11-25(12-10-23)43-34(26-8-5-17-38-33(26)37)40-28-14-13-27(39-35(28)43)24-6-3-2-4-7-24/h2-14,17H,15-16,18-22H2,1H3,(H2,37,38). The van der Waals surface area contributed by atoms with Gasteiger partial charge in [-0.1, -0.05) is 42.5 Å². The molecule has 2 fully saturated rings. The van der Waals surface area contributed by atoms with Crippen molar-refractivity contribution in [1.82, 2.24) is 24.4 Å². The number of nitrogens with two attached hydrogens (primary N) is 1. The Bertz CT molecular complexity index is 2130. The summed E-state index contributed by atoms with van der Waals surface area (Å²) in [6.07, 6.45) is 3.80. The summed E-state index contributed by atoms with van der Waals surface area (Å²) in [4.78, 5) is 42.7. The minimum absolute atomic E-state index is 0.198. The predicted octanol–water partition coefficient (Wildman–Crippen LogP) is 4.44. The van der Waals surface area contributed by atoms with Gasteiger partial charge in [-0.25, -0.2) is 15.0 Å². The zero-order valence-electron chi connectivity index (χ0n) is 25.5. The molecule has 2 N–H and O–H groups in total. The lowest BCUT2D eigenvalue weighted by molar-refractivity contribution is 0.0718. The van der Waals surface area contributed by atoms with Crippen LogP contribution in [0.15, 0.2) is 94.6 Å². The molecule has 0 atom stereocenters. The zero-order valence-corrected chi connectivity index (χ0v) is 25.5. The second kappa shape index (κ2) is 10.9. The zero-order chi connectivity index (χ0) is 31.4. The number of imidazole rings is 1. The number of methoxy groups -OCH3 is 1. The molecule has 230 valence electrons. The molecular formula is C36H33N7O3. The maximum absolute atomic E-state index is 12.1. The maximum atomic E-state index is 12.1. The van der Waals surface area contributed by atoms with E-state index in [0.29, 0.717) is 17.3 Å². The second-order valence-corrected chi connectivity index (χ2v) is 12.5. The molecule has 5 heterocycles. The number of hydrogen-bond donors (Lipinski definition) is 1. The van der Waals surface area contributed by atoms with Gasteiger partial charge in [0.25, 0.3) is 10.9 Å². The highest BCUT2D eigenvalue weighted by Crippen LogP contribution is 2.44. The van der Waals surface area contributed by atoms with E-state index in [-0.39, 0.29) is 11.2 Å². The first kappa shape index (κ1) is 28.1. The van der Waals surface area contributed by atoms with Crippen molar-refractivity contribution < 1.29 is 4.74 Å². The lowest BCUT2D eigenvalue weighted by Gasteiger charge is -2.55. The van der Waals surface area contributed by atoms with E-state index in [1.807, 2.05) is 47.4 Å². The largest absolute Gasteiger partial charge is 0.491 e. The van der Waals surface area contributed by atoms with Crippen LogP contribution in [0.1, 0.15) is 18.4 Å². The van der Waals surface area contributed by atoms with Crippen molar-refractivity contribution in [3.05, 3.63) is 111 Å². The van der Waals surface area contributed by atoms with Gasteiger partial charge in [-0.3, -0.25) is 19.1 Å². The fraction of sp³-hybridized carbons (Fsp3) is 0.250. The second-order valence-electron chi connectivity index (χ2n) is 12.5. The SMILES string of the molecule is COc1c(N2CC3(CCN(Cc4ccc(-n5c(-c6cccnc6N)nc6ccc(-c7ccccc7)nc65)cc4)CC3)C2)c(=O)c1=O. The third-order valence-corrected chi connectivity index (χ3v) is 9.59. The number of nitrogen functional groups attached to an aromatic ring is 1. The summed E-state index contributed by atoms with van der Waals surface area (Å²) in [6.45, 7) is 4.44. The highest BCUT2D eigenvalue weighted by Gasteiger charge is 2.47. The van der Waals surface area contributed by atoms with Crippen LogP contribution in [0.3, 0.4) is 0 Å². The highest BCUT2D eigenvalue weighted by atomic mass is 16.5. The summed E-state index contributed by atoms with van der Waals surface area (Å²) < 4.78 is 7.22. The van der Waals surface area contributed by atoms with Gasteiger partial charge >= 0.3 is 0 Å². The number of piperidine rings is 1. The number of nitrogens with zero attached hydrogens (tertiary/aromatic N) is 6. The van der Waals surface area contributed by atoms with Gasteiger partial charge < -0.3 is 15.4 Å². The van der Waals surface area contributed by atoms with Crippen molar-refractivity contribution in [3.63, 3.8) is 0 Å². The van der Waals surface area contributed by atoms with Gasteiger partial charge in [0.2, 0.25) is 0 Å². The van der Waals surface area contributed by atoms with Crippen LogP contribution < -0.4 is 26.2 Å². The minimum atomic E-state index is -0.508. The Morgan fingerprint density at radius 3 is 2.35 bits per heavy atom. The van der Waals surface area contributed by atoms with Crippen LogP contribution in [0.2, 0.25) is 0 Å². The topological polar surface area (TPSA) is 119 Å². The average Bonchev–Trinajstić information content (AvgIpc) is 3.46. The van der Waals surface area contributed by atoms with Crippen molar-refractivity contribution >= 4 is 22.7 Å². The van der Waals surface area contributed by atoms with E-state index in [4.69, 9.17) is 20.4 Å². The number of fused-ring (bicyclic) bond motifs is 1. The third-order valence-electron chi connectivity index (χ3n) is 9.59. The number of likely N-dealkylation sites (tertiary alicyclic amines) is 1. The van der Waals surface area contributed by atoms with Crippen LogP contribution in [0.5, 0.6) is 5.75 Å². The predicted molar refractivity (Wildman–Crippen MR) is 179 cm³/mol. The quantitative estimate of drug-likeness (QED) is 0.261. The van der Waals surface area contributed by atoms with Crippen LogP contribution in [-0.4, -0.2) is 57.7 Å². The molecule has 2 aliphatic heterocycles. The molecule has 0 amide bonds. The van der Waals surface area contributed by atoms with Gasteiger partial charge in [0.05, 0.1) is 18.4 Å². The van der Waals surface area contributed by atoms with E-state index in [9.17, 15) is 9.59 Å². The molecule has 2 saturated heterocycles. The Morgan fingerprint density at radius 2 is 1.63 bits per heavy atom. The molecule has 3 aromatic heterocycles. The third kappa shape index (κ3) is 4.64. The Labute approximate surface area is 265 Å². The molecule has 0 bridgehead atoms. The van der Waals surface area contributed by atoms with Crippen LogP contribution in [0.25, 0.3) is 39.5 Å². The normalized spacial score (nSPS) is 16.2. The average molecular weight is 612 g/mol. The van der Waals surface area contributed by atoms with Crippen LogP contribution in [0, 0.1) is 5.41 Å². The summed E-state index contributed by atoms with van der Waals surface area (Å²) in [5.74, 6) is 1.33. The molecule has 46 heavy (non-hydrogen) atoms. The number of ether oxygens (including phenoxy) is 1. The minimum Gasteiger partial charge on any atom is -0.491 e. The lowest BCUT2D eigenvalue weighted by atomic mass is 9.71. The number of aromatic nitrogens is 4. The molecule has 8 rings (SSSR count). The molecule has 2 aliphatic rings. The molecule has 0 aliphatic carbocycles. The van der Waals surface area contributed by atoms with Crippen molar-refractivity contribution in [1.29, 1.82) is 0 Å². The first-order valence-electron chi connectivity index (χ1n) is 15.5. The fourth-order valence-electron chi connectivity index (χ4n) is 7.03. The smallest absolute Gasteiger partial charge is 0.272 e. The van der Waals surface area contributed by atoms with E-state index >= 15 is 0 Å². The number of hydrogen-bond acceptors (Lipinski definition) is 9. The Morgan fingerprint density at radius 1 is 0.870 bits per heavy atom. The van der Waals surface area contributed by atoms with Crippen molar-refractivity contribution in [3.8, 4) is 34.1 Å². The van der Waals surface area contributed by atoms with Gasteiger partial charge in [-0.2, -0.15) is 0 Å². The van der Waals surface area contributed by atoms with Crippen molar-refractivity contribution in [2.75, 3.05) is 43.9 Å². The molecule has 0 radical (unpaired) electrons. The first-order valence-corrected chi connectivity index (χ1v) is 15.5. The summed E-state index contributed by atoms with van der Waals surface area (Å²) in [6, 6.07) is 26.5. The highest BCUT2D eigenvalue weighted by molar-refractivity contribution is 5.84. The van der Waals surface area contributed by atoms with E-state index in [1.54, 1.807) is 6.20 Å². The number of benzene rings is 2. The van der Waals surface area contributed by atoms with Gasteiger partial charge in [0.15, 0.2) is 17.2 Å². The summed E-state index contributed by atoms with van der Waals surface area (Å²) in [5.41, 5.74) is 12.4. The van der Waals surface area contributed by atoms with Gasteiger partial charge in [0.1, 0.15) is 17.0 Å². The fourth-order valence-corrected chi connectivity index (χ4v) is 7.03. The summed E-state index contributed by atoms with van der Waals surface area (Å²) in [7, 11) is 1.45. The monoisotopic (exact) mass is 611 g/mol. The summed E-state index contributed by atoms with van der Waals surface area (Å²) in [5, 5.41) is 0. The van der Waals surface area contributed by atoms with Gasteiger partial charge in [0, 0.05) is 42.5 Å². The summed E-state index contributed by atoms with van der Waals surface area (Å²) >= 11 is 0.